The van der Waals surface area contributed by atoms with Crippen LogP contribution in [0.25, 0.3) is 0 Å². The molecule has 3 rings (SSSR count). The van der Waals surface area contributed by atoms with Crippen molar-refractivity contribution in [3.05, 3.63) is 45.7 Å². The van der Waals surface area contributed by atoms with Gasteiger partial charge in [0.05, 0.1) is 42.2 Å². The molecule has 0 amide bonds. The Kier molecular flexibility index (Phi) is 4.28. The number of rotatable bonds is 5. The molecule has 1 aromatic heterocycles. The molecule has 1 aromatic carbocycles. The number of nitrogens with zero attached hydrogens (tertiary/aromatic N) is 2. The fourth-order valence-corrected chi connectivity index (χ4v) is 3.14. The van der Waals surface area contributed by atoms with Crippen LogP contribution in [0.5, 0.6) is 5.75 Å². The highest BCUT2D eigenvalue weighted by atomic mass is 79.9. The summed E-state index contributed by atoms with van der Waals surface area (Å²) in [6, 6.07) is 5.92. The van der Waals surface area contributed by atoms with Crippen molar-refractivity contribution < 1.29 is 9.47 Å². The molecule has 0 aliphatic carbocycles. The lowest BCUT2D eigenvalue weighted by molar-refractivity contribution is 0.182. The predicted octanol–water partition coefficient (Wildman–Crippen LogP) is 2.28. The largest absolute Gasteiger partial charge is 0.493 e. The summed E-state index contributed by atoms with van der Waals surface area (Å²) < 4.78 is 13.5. The Morgan fingerprint density at radius 1 is 1.52 bits per heavy atom. The summed E-state index contributed by atoms with van der Waals surface area (Å²) in [5.74, 6) is 0.970. The molecule has 6 heteroatoms. The van der Waals surface area contributed by atoms with E-state index in [1.54, 1.807) is 13.3 Å². The van der Waals surface area contributed by atoms with Crippen LogP contribution < -0.4 is 10.5 Å². The molecule has 0 saturated heterocycles. The second kappa shape index (κ2) is 6.17. The summed E-state index contributed by atoms with van der Waals surface area (Å²) >= 11 is 3.54. The van der Waals surface area contributed by atoms with Gasteiger partial charge in [-0.25, -0.2) is 0 Å². The molecule has 21 heavy (non-hydrogen) atoms. The Hall–Kier alpha value is -1.37. The minimum Gasteiger partial charge on any atom is -0.493 e. The van der Waals surface area contributed by atoms with E-state index < -0.39 is 0 Å². The van der Waals surface area contributed by atoms with Gasteiger partial charge in [-0.05, 0) is 33.1 Å². The first kappa shape index (κ1) is 14.6. The quantitative estimate of drug-likeness (QED) is 0.897. The van der Waals surface area contributed by atoms with Gasteiger partial charge in [0.2, 0.25) is 0 Å². The predicted molar refractivity (Wildman–Crippen MR) is 83.5 cm³/mol. The Morgan fingerprint density at radius 3 is 3.19 bits per heavy atom. The van der Waals surface area contributed by atoms with Gasteiger partial charge in [-0.1, -0.05) is 12.1 Å². The Bertz CT molecular complexity index is 642. The second-order valence-electron chi connectivity index (χ2n) is 5.04. The van der Waals surface area contributed by atoms with Crippen molar-refractivity contribution in [3.8, 4) is 5.75 Å². The average molecular weight is 352 g/mol. The number of ether oxygens (including phenoxy) is 2. The van der Waals surface area contributed by atoms with Crippen molar-refractivity contribution in [1.82, 2.24) is 9.78 Å². The summed E-state index contributed by atoms with van der Waals surface area (Å²) in [6.07, 6.45) is 2.72. The van der Waals surface area contributed by atoms with E-state index in [0.29, 0.717) is 13.2 Å². The summed E-state index contributed by atoms with van der Waals surface area (Å²) in [6.45, 7) is 2.04. The van der Waals surface area contributed by atoms with Crippen molar-refractivity contribution in [2.45, 2.75) is 19.0 Å². The molecule has 1 aliphatic heterocycles. The van der Waals surface area contributed by atoms with Gasteiger partial charge in [-0.15, -0.1) is 0 Å². The van der Waals surface area contributed by atoms with E-state index in [1.165, 1.54) is 5.56 Å². The highest BCUT2D eigenvalue weighted by molar-refractivity contribution is 9.10. The lowest BCUT2D eigenvalue weighted by atomic mass is 10.0. The maximum atomic E-state index is 6.46. The zero-order valence-corrected chi connectivity index (χ0v) is 13.5. The van der Waals surface area contributed by atoms with E-state index >= 15 is 0 Å². The van der Waals surface area contributed by atoms with Gasteiger partial charge < -0.3 is 15.2 Å². The van der Waals surface area contributed by atoms with Crippen molar-refractivity contribution in [2.75, 3.05) is 20.3 Å². The Balaban J connectivity index is 1.91. The van der Waals surface area contributed by atoms with Gasteiger partial charge >= 0.3 is 0 Å². The molecular weight excluding hydrogens is 334 g/mol. The summed E-state index contributed by atoms with van der Waals surface area (Å²) in [5.41, 5.74) is 9.71. The monoisotopic (exact) mass is 351 g/mol. The molecule has 0 saturated carbocycles. The zero-order chi connectivity index (χ0) is 14.8. The van der Waals surface area contributed by atoms with E-state index in [0.717, 1.165) is 34.5 Å². The molecule has 0 fully saturated rings. The van der Waals surface area contributed by atoms with Gasteiger partial charge in [0, 0.05) is 13.5 Å². The smallest absolute Gasteiger partial charge is 0.122 e. The van der Waals surface area contributed by atoms with Crippen LogP contribution in [-0.2, 0) is 17.7 Å². The number of hydrogen-bond acceptors (Lipinski definition) is 4. The van der Waals surface area contributed by atoms with Crippen LogP contribution in [0.4, 0.5) is 0 Å². The van der Waals surface area contributed by atoms with Crippen LogP contribution in [0.15, 0.2) is 28.9 Å². The van der Waals surface area contributed by atoms with E-state index in [4.69, 9.17) is 15.2 Å². The van der Waals surface area contributed by atoms with Crippen LogP contribution in [0.3, 0.4) is 0 Å². The van der Waals surface area contributed by atoms with Gasteiger partial charge in [0.1, 0.15) is 5.75 Å². The molecule has 1 unspecified atom stereocenters. The molecule has 5 nitrogen and oxygen atoms in total. The Labute approximate surface area is 132 Å². The third kappa shape index (κ3) is 2.84. The molecule has 2 N–H and O–H groups in total. The van der Waals surface area contributed by atoms with Crippen LogP contribution in [0.2, 0.25) is 0 Å². The van der Waals surface area contributed by atoms with Crippen LogP contribution in [-0.4, -0.2) is 30.1 Å². The first-order valence-corrected chi connectivity index (χ1v) is 7.71. The molecule has 0 spiro atoms. The van der Waals surface area contributed by atoms with Gasteiger partial charge in [0.25, 0.3) is 0 Å². The molecular formula is C15H18BrN3O2. The SMILES string of the molecule is COCCn1ncc(Br)c1C(N)c1ccc2c(c1)CCO2. The molecule has 112 valence electrons. The lowest BCUT2D eigenvalue weighted by Gasteiger charge is -2.16. The van der Waals surface area contributed by atoms with Gasteiger partial charge in [-0.3, -0.25) is 4.68 Å². The standard InChI is InChI=1S/C15H18BrN3O2/c1-20-7-5-19-15(12(16)9-18-19)14(17)11-2-3-13-10(8-11)4-6-21-13/h2-3,8-9,14H,4-7,17H2,1H3. The van der Waals surface area contributed by atoms with Crippen LogP contribution in [0.1, 0.15) is 22.9 Å². The van der Waals surface area contributed by atoms with E-state index in [-0.39, 0.29) is 6.04 Å². The first-order valence-electron chi connectivity index (χ1n) is 6.92. The molecule has 2 heterocycles. The molecule has 1 aliphatic rings. The lowest BCUT2D eigenvalue weighted by Crippen LogP contribution is -2.19. The maximum absolute atomic E-state index is 6.46. The maximum Gasteiger partial charge on any atom is 0.122 e. The number of methoxy groups -OCH3 is 1. The topological polar surface area (TPSA) is 62.3 Å². The van der Waals surface area contributed by atoms with E-state index in [9.17, 15) is 0 Å². The minimum atomic E-state index is -0.232. The highest BCUT2D eigenvalue weighted by Gasteiger charge is 2.20. The third-order valence-electron chi connectivity index (χ3n) is 3.71. The Morgan fingerprint density at radius 2 is 2.38 bits per heavy atom. The number of halogens is 1. The highest BCUT2D eigenvalue weighted by Crippen LogP contribution is 2.31. The third-order valence-corrected chi connectivity index (χ3v) is 4.32. The fourth-order valence-electron chi connectivity index (χ4n) is 2.59. The average Bonchev–Trinajstić information content (AvgIpc) is 3.10. The first-order chi connectivity index (χ1) is 10.2. The summed E-state index contributed by atoms with van der Waals surface area (Å²) in [5, 5.41) is 4.36. The molecule has 0 radical (unpaired) electrons. The van der Waals surface area contributed by atoms with Crippen LogP contribution in [0, 0.1) is 0 Å². The summed E-state index contributed by atoms with van der Waals surface area (Å²) in [7, 11) is 1.68. The molecule has 0 bridgehead atoms. The van der Waals surface area contributed by atoms with Crippen molar-refractivity contribution in [2.24, 2.45) is 5.73 Å². The number of nitrogens with two attached hydrogens (primary N) is 1. The second-order valence-corrected chi connectivity index (χ2v) is 5.89. The normalized spacial score (nSPS) is 14.8. The van der Waals surface area contributed by atoms with Crippen LogP contribution >= 0.6 is 15.9 Å². The number of hydrogen-bond donors (Lipinski definition) is 1. The van der Waals surface area contributed by atoms with E-state index in [1.807, 2.05) is 16.8 Å². The molecule has 1 atom stereocenters. The number of aromatic nitrogens is 2. The van der Waals surface area contributed by atoms with Crippen molar-refractivity contribution in [1.29, 1.82) is 0 Å². The number of fused-ring (bicyclic) bond motifs is 1. The van der Waals surface area contributed by atoms with Gasteiger partial charge in [-0.2, -0.15) is 5.10 Å². The molecule has 2 aromatic rings. The fraction of sp³-hybridized carbons (Fsp3) is 0.400. The minimum absolute atomic E-state index is 0.232. The number of benzene rings is 1. The van der Waals surface area contributed by atoms with Crippen molar-refractivity contribution >= 4 is 15.9 Å². The summed E-state index contributed by atoms with van der Waals surface area (Å²) in [4.78, 5) is 0. The van der Waals surface area contributed by atoms with E-state index in [2.05, 4.69) is 27.1 Å². The van der Waals surface area contributed by atoms with Crippen molar-refractivity contribution in [3.63, 3.8) is 0 Å². The zero-order valence-electron chi connectivity index (χ0n) is 11.9. The van der Waals surface area contributed by atoms with Gasteiger partial charge in [0.15, 0.2) is 0 Å².